The Kier molecular flexibility index (Phi) is 9.75. The average Bonchev–Trinajstić information content (AvgIpc) is 2.76. The van der Waals surface area contributed by atoms with Crippen LogP contribution in [0.2, 0.25) is 0 Å². The monoisotopic (exact) mass is 398 g/mol. The summed E-state index contributed by atoms with van der Waals surface area (Å²) in [5.74, 6) is 1.63. The van der Waals surface area contributed by atoms with Gasteiger partial charge in [-0.15, -0.1) is 0 Å². The van der Waals surface area contributed by atoms with E-state index in [-0.39, 0.29) is 12.2 Å². The Balaban J connectivity index is 0.000000321. The van der Waals surface area contributed by atoms with Crippen molar-refractivity contribution in [2.24, 2.45) is 10.9 Å². The SMILES string of the molecule is CO/N=C(\C)CCN.COc1ccc(O[C@H]2C=C[C@@H](c3ccccc3)OC2)cc1. The second-order valence-electron chi connectivity index (χ2n) is 6.43. The molecule has 1 aliphatic rings. The third-order valence-corrected chi connectivity index (χ3v) is 4.17. The smallest absolute Gasteiger partial charge is 0.140 e. The van der Waals surface area contributed by atoms with Crippen LogP contribution in [0.5, 0.6) is 11.5 Å². The van der Waals surface area contributed by atoms with Crippen molar-refractivity contribution in [3.05, 3.63) is 72.3 Å². The van der Waals surface area contributed by atoms with Gasteiger partial charge in [0.1, 0.15) is 30.8 Å². The van der Waals surface area contributed by atoms with E-state index in [0.717, 1.165) is 29.2 Å². The van der Waals surface area contributed by atoms with Crippen LogP contribution in [-0.4, -0.2) is 39.2 Å². The molecule has 6 heteroatoms. The lowest BCUT2D eigenvalue weighted by molar-refractivity contribution is 0.0236. The van der Waals surface area contributed by atoms with E-state index in [0.29, 0.717) is 13.2 Å². The molecule has 0 aliphatic carbocycles. The number of hydrogen-bond donors (Lipinski definition) is 1. The average molecular weight is 399 g/mol. The largest absolute Gasteiger partial charge is 0.497 e. The third-order valence-electron chi connectivity index (χ3n) is 4.17. The first-order valence-electron chi connectivity index (χ1n) is 9.58. The zero-order chi connectivity index (χ0) is 20.9. The maximum Gasteiger partial charge on any atom is 0.140 e. The van der Waals surface area contributed by atoms with Crippen LogP contribution >= 0.6 is 0 Å². The maximum absolute atomic E-state index is 5.87. The van der Waals surface area contributed by atoms with Crippen LogP contribution in [-0.2, 0) is 9.57 Å². The van der Waals surface area contributed by atoms with E-state index in [1.165, 1.54) is 7.11 Å². The fourth-order valence-corrected chi connectivity index (χ4v) is 2.70. The minimum absolute atomic E-state index is 0.0157. The lowest BCUT2D eigenvalue weighted by Gasteiger charge is -2.24. The van der Waals surface area contributed by atoms with Crippen molar-refractivity contribution < 1.29 is 19.0 Å². The summed E-state index contributed by atoms with van der Waals surface area (Å²) in [5.41, 5.74) is 7.33. The summed E-state index contributed by atoms with van der Waals surface area (Å²) >= 11 is 0. The molecule has 6 nitrogen and oxygen atoms in total. The molecule has 2 aromatic carbocycles. The van der Waals surface area contributed by atoms with E-state index in [2.05, 4.69) is 28.2 Å². The molecule has 0 bridgehead atoms. The lowest BCUT2D eigenvalue weighted by atomic mass is 10.1. The highest BCUT2D eigenvalue weighted by Crippen LogP contribution is 2.25. The molecule has 2 aromatic rings. The first-order chi connectivity index (χ1) is 14.2. The number of methoxy groups -OCH3 is 1. The maximum atomic E-state index is 5.87. The molecular formula is C23H30N2O4. The molecule has 0 fully saturated rings. The molecule has 156 valence electrons. The number of nitrogens with two attached hydrogens (primary N) is 1. The number of oxime groups is 1. The molecule has 0 amide bonds. The van der Waals surface area contributed by atoms with Gasteiger partial charge in [-0.3, -0.25) is 0 Å². The number of hydrogen-bond acceptors (Lipinski definition) is 6. The van der Waals surface area contributed by atoms with Crippen LogP contribution < -0.4 is 15.2 Å². The van der Waals surface area contributed by atoms with Gasteiger partial charge in [0.05, 0.1) is 19.4 Å². The summed E-state index contributed by atoms with van der Waals surface area (Å²) < 4.78 is 16.9. The molecule has 3 rings (SSSR count). The van der Waals surface area contributed by atoms with Gasteiger partial charge in [-0.2, -0.15) is 0 Å². The van der Waals surface area contributed by atoms with Crippen LogP contribution in [0.25, 0.3) is 0 Å². The number of benzene rings is 2. The zero-order valence-corrected chi connectivity index (χ0v) is 17.3. The highest BCUT2D eigenvalue weighted by atomic mass is 16.6. The van der Waals surface area contributed by atoms with E-state index < -0.39 is 0 Å². The summed E-state index contributed by atoms with van der Waals surface area (Å²) in [6, 6.07) is 17.8. The molecule has 0 spiro atoms. The molecule has 0 aromatic heterocycles. The Bertz CT molecular complexity index is 760. The van der Waals surface area contributed by atoms with Crippen LogP contribution in [0.15, 0.2) is 71.9 Å². The van der Waals surface area contributed by atoms with Gasteiger partial charge < -0.3 is 24.8 Å². The molecule has 2 N–H and O–H groups in total. The first-order valence-corrected chi connectivity index (χ1v) is 9.58. The Morgan fingerprint density at radius 2 is 1.72 bits per heavy atom. The van der Waals surface area contributed by atoms with E-state index >= 15 is 0 Å². The highest BCUT2D eigenvalue weighted by molar-refractivity contribution is 5.81. The second kappa shape index (κ2) is 12.6. The zero-order valence-electron chi connectivity index (χ0n) is 17.3. The number of rotatable bonds is 7. The molecule has 1 aliphatic heterocycles. The van der Waals surface area contributed by atoms with Gasteiger partial charge in [-0.1, -0.05) is 41.6 Å². The molecule has 29 heavy (non-hydrogen) atoms. The van der Waals surface area contributed by atoms with Gasteiger partial charge in [0.15, 0.2) is 0 Å². The third kappa shape index (κ3) is 7.97. The first kappa shape index (κ1) is 22.5. The van der Waals surface area contributed by atoms with Gasteiger partial charge in [0.2, 0.25) is 0 Å². The van der Waals surface area contributed by atoms with E-state index in [4.69, 9.17) is 19.9 Å². The number of ether oxygens (including phenoxy) is 3. The molecule has 0 radical (unpaired) electrons. The van der Waals surface area contributed by atoms with Crippen LogP contribution in [0.3, 0.4) is 0 Å². The van der Waals surface area contributed by atoms with Gasteiger partial charge in [0, 0.05) is 6.42 Å². The second-order valence-corrected chi connectivity index (χ2v) is 6.43. The normalized spacial score (nSPS) is 18.4. The Morgan fingerprint density at radius 1 is 1.03 bits per heavy atom. The quantitative estimate of drug-likeness (QED) is 0.431. The minimum atomic E-state index is -0.0571. The molecule has 0 saturated heterocycles. The van der Waals surface area contributed by atoms with Crippen molar-refractivity contribution in [3.63, 3.8) is 0 Å². The lowest BCUT2D eigenvalue weighted by Crippen LogP contribution is -2.25. The van der Waals surface area contributed by atoms with Crippen molar-refractivity contribution in [1.29, 1.82) is 0 Å². The van der Waals surface area contributed by atoms with Crippen molar-refractivity contribution in [3.8, 4) is 11.5 Å². The van der Waals surface area contributed by atoms with Gasteiger partial charge in [0.25, 0.3) is 0 Å². The van der Waals surface area contributed by atoms with E-state index in [1.54, 1.807) is 7.11 Å². The Morgan fingerprint density at radius 3 is 2.28 bits per heavy atom. The Labute approximate surface area is 172 Å². The predicted octanol–water partition coefficient (Wildman–Crippen LogP) is 4.13. The van der Waals surface area contributed by atoms with Gasteiger partial charge >= 0.3 is 0 Å². The van der Waals surface area contributed by atoms with E-state index in [9.17, 15) is 0 Å². The number of nitrogens with zero attached hydrogens (tertiary/aromatic N) is 1. The topological polar surface area (TPSA) is 75.3 Å². The fraction of sp³-hybridized carbons (Fsp3) is 0.348. The van der Waals surface area contributed by atoms with Gasteiger partial charge in [-0.25, -0.2) is 0 Å². The summed E-state index contributed by atoms with van der Waals surface area (Å²) in [6.07, 6.45) is 4.88. The predicted molar refractivity (Wildman–Crippen MR) is 115 cm³/mol. The van der Waals surface area contributed by atoms with Crippen molar-refractivity contribution in [2.75, 3.05) is 27.4 Å². The fourth-order valence-electron chi connectivity index (χ4n) is 2.70. The van der Waals surface area contributed by atoms with Crippen molar-refractivity contribution in [2.45, 2.75) is 25.6 Å². The van der Waals surface area contributed by atoms with Gasteiger partial charge in [-0.05, 0) is 49.4 Å². The molecular weight excluding hydrogens is 368 g/mol. The van der Waals surface area contributed by atoms with Crippen molar-refractivity contribution >= 4 is 5.71 Å². The molecule has 1 heterocycles. The molecule has 0 unspecified atom stereocenters. The summed E-state index contributed by atoms with van der Waals surface area (Å²) in [4.78, 5) is 4.49. The standard InChI is InChI=1S/C18H18O3.C5H12N2O/c1-19-15-7-9-16(10-8-15)21-17-11-12-18(20-13-17)14-5-3-2-4-6-14;1-5(3-4-6)7-8-2/h2-12,17-18H,13H2,1H3;3-4,6H2,1-2H3/b;7-5+/t17-,18-;/m0./s1. The van der Waals surface area contributed by atoms with Crippen LogP contribution in [0.1, 0.15) is 25.0 Å². The molecule has 0 saturated carbocycles. The Hall–Kier alpha value is -2.83. The van der Waals surface area contributed by atoms with E-state index in [1.807, 2.05) is 55.5 Å². The van der Waals surface area contributed by atoms with Crippen LogP contribution in [0, 0.1) is 0 Å². The summed E-state index contributed by atoms with van der Waals surface area (Å²) in [6.45, 7) is 3.07. The van der Waals surface area contributed by atoms with Crippen molar-refractivity contribution in [1.82, 2.24) is 0 Å². The summed E-state index contributed by atoms with van der Waals surface area (Å²) in [5, 5.41) is 3.65. The molecule has 2 atom stereocenters. The van der Waals surface area contributed by atoms with Crippen LogP contribution in [0.4, 0.5) is 0 Å². The highest BCUT2D eigenvalue weighted by Gasteiger charge is 2.18. The summed E-state index contributed by atoms with van der Waals surface area (Å²) in [7, 11) is 3.18. The minimum Gasteiger partial charge on any atom is -0.497 e.